The Bertz CT molecular complexity index is 962. The van der Waals surface area contributed by atoms with Gasteiger partial charge in [-0.05, 0) is 64.8 Å². The van der Waals surface area contributed by atoms with E-state index in [9.17, 15) is 4.39 Å². The molecule has 28 heavy (non-hydrogen) atoms. The van der Waals surface area contributed by atoms with Crippen molar-refractivity contribution in [2.45, 2.75) is 57.8 Å². The van der Waals surface area contributed by atoms with Gasteiger partial charge in [-0.25, -0.2) is 4.39 Å². The van der Waals surface area contributed by atoms with E-state index < -0.39 is 0 Å². The highest BCUT2D eigenvalue weighted by Gasteiger charge is 2.31. The quantitative estimate of drug-likeness (QED) is 0.369. The fourth-order valence-corrected chi connectivity index (χ4v) is 5.09. The van der Waals surface area contributed by atoms with E-state index in [1.54, 1.807) is 12.1 Å². The Kier molecular flexibility index (Phi) is 6.01. The molecule has 0 radical (unpaired) electrons. The Labute approximate surface area is 172 Å². The maximum absolute atomic E-state index is 14.3. The summed E-state index contributed by atoms with van der Waals surface area (Å²) in [6.45, 7) is 2.25. The molecule has 146 valence electrons. The molecule has 2 atom stereocenters. The van der Waals surface area contributed by atoms with Gasteiger partial charge in [0, 0.05) is 5.92 Å². The second-order valence-corrected chi connectivity index (χ2v) is 8.56. The molecule has 0 heterocycles. The summed E-state index contributed by atoms with van der Waals surface area (Å²) in [6, 6.07) is 18.6. The monoisotopic (exact) mass is 394 g/mol. The molecule has 4 rings (SSSR count). The predicted octanol–water partition coefficient (Wildman–Crippen LogP) is 8.30. The lowest BCUT2D eigenvalue weighted by molar-refractivity contribution is 0.367. The van der Waals surface area contributed by atoms with Gasteiger partial charge >= 0.3 is 0 Å². The summed E-state index contributed by atoms with van der Waals surface area (Å²) in [5.74, 6) is 0.504. The average Bonchev–Trinajstić information content (AvgIpc) is 2.72. The van der Waals surface area contributed by atoms with Crippen molar-refractivity contribution in [3.63, 3.8) is 0 Å². The molecular formula is C26H28ClF. The maximum atomic E-state index is 14.3. The van der Waals surface area contributed by atoms with Gasteiger partial charge in [0.15, 0.2) is 0 Å². The van der Waals surface area contributed by atoms with Crippen LogP contribution in [-0.2, 0) is 6.42 Å². The molecule has 2 heteroatoms. The van der Waals surface area contributed by atoms with E-state index in [1.807, 2.05) is 6.07 Å². The maximum Gasteiger partial charge on any atom is 0.142 e. The predicted molar refractivity (Wildman–Crippen MR) is 118 cm³/mol. The zero-order valence-electron chi connectivity index (χ0n) is 16.6. The van der Waals surface area contributed by atoms with Gasteiger partial charge in [0.2, 0.25) is 0 Å². The van der Waals surface area contributed by atoms with Crippen LogP contribution in [0.2, 0.25) is 5.02 Å². The second kappa shape index (κ2) is 8.66. The van der Waals surface area contributed by atoms with Crippen LogP contribution in [0, 0.1) is 11.7 Å². The first-order valence-electron chi connectivity index (χ1n) is 10.6. The van der Waals surface area contributed by atoms with Crippen molar-refractivity contribution < 1.29 is 4.39 Å². The number of unbranched alkanes of at least 4 members (excludes halogenated alkanes) is 3. The van der Waals surface area contributed by atoms with Crippen molar-refractivity contribution in [3.8, 4) is 0 Å². The number of benzene rings is 3. The number of fused-ring (bicyclic) bond motifs is 3. The smallest absolute Gasteiger partial charge is 0.142 e. The van der Waals surface area contributed by atoms with Gasteiger partial charge in [-0.15, -0.1) is 0 Å². The lowest BCUT2D eigenvalue weighted by atomic mass is 9.69. The number of rotatable bonds is 6. The normalized spacial score (nSPS) is 19.0. The van der Waals surface area contributed by atoms with Gasteiger partial charge < -0.3 is 0 Å². The highest BCUT2D eigenvalue weighted by Crippen LogP contribution is 2.45. The average molecular weight is 395 g/mol. The van der Waals surface area contributed by atoms with Gasteiger partial charge in [-0.1, -0.05) is 86.7 Å². The van der Waals surface area contributed by atoms with Crippen molar-refractivity contribution in [1.29, 1.82) is 0 Å². The molecule has 0 unspecified atom stereocenters. The minimum Gasteiger partial charge on any atom is -0.205 e. The van der Waals surface area contributed by atoms with E-state index >= 15 is 0 Å². The third-order valence-corrected chi connectivity index (χ3v) is 6.69. The fraction of sp³-hybridized carbons (Fsp3) is 0.385. The molecule has 0 amide bonds. The van der Waals surface area contributed by atoms with Gasteiger partial charge in [-0.3, -0.25) is 0 Å². The molecule has 0 fully saturated rings. The first-order chi connectivity index (χ1) is 13.7. The van der Waals surface area contributed by atoms with Crippen LogP contribution in [0.3, 0.4) is 0 Å². The topological polar surface area (TPSA) is 0 Å². The van der Waals surface area contributed by atoms with Crippen molar-refractivity contribution in [2.75, 3.05) is 0 Å². The lowest BCUT2D eigenvalue weighted by Gasteiger charge is -2.35. The van der Waals surface area contributed by atoms with Crippen LogP contribution in [0.15, 0.2) is 54.6 Å². The molecule has 0 saturated heterocycles. The van der Waals surface area contributed by atoms with Crippen LogP contribution in [0.4, 0.5) is 4.39 Å². The van der Waals surface area contributed by atoms with Crippen molar-refractivity contribution in [3.05, 3.63) is 82.1 Å². The Morgan fingerprint density at radius 3 is 2.68 bits per heavy atom. The van der Waals surface area contributed by atoms with Crippen LogP contribution < -0.4 is 0 Å². The summed E-state index contributed by atoms with van der Waals surface area (Å²) in [5, 5.41) is 2.85. The molecule has 3 aromatic rings. The molecule has 0 N–H and O–H groups in total. The van der Waals surface area contributed by atoms with Crippen LogP contribution >= 0.6 is 11.6 Å². The molecular weight excluding hydrogens is 367 g/mol. The van der Waals surface area contributed by atoms with Crippen molar-refractivity contribution >= 4 is 22.4 Å². The summed E-state index contributed by atoms with van der Waals surface area (Å²) < 4.78 is 14.3. The van der Waals surface area contributed by atoms with Gasteiger partial charge in [0.1, 0.15) is 5.82 Å². The van der Waals surface area contributed by atoms with Crippen LogP contribution in [0.25, 0.3) is 10.8 Å². The van der Waals surface area contributed by atoms with Gasteiger partial charge in [-0.2, -0.15) is 0 Å². The van der Waals surface area contributed by atoms with E-state index in [1.165, 1.54) is 60.4 Å². The van der Waals surface area contributed by atoms with Gasteiger partial charge in [0.25, 0.3) is 0 Å². The molecule has 0 nitrogen and oxygen atoms in total. The third kappa shape index (κ3) is 3.82. The minimum atomic E-state index is -0.309. The van der Waals surface area contributed by atoms with E-state index in [0.717, 1.165) is 12.0 Å². The molecule has 0 bridgehead atoms. The Morgan fingerprint density at radius 2 is 1.86 bits per heavy atom. The van der Waals surface area contributed by atoms with Crippen LogP contribution in [0.1, 0.15) is 68.1 Å². The van der Waals surface area contributed by atoms with Crippen molar-refractivity contribution in [2.24, 2.45) is 5.92 Å². The first kappa shape index (κ1) is 19.5. The summed E-state index contributed by atoms with van der Waals surface area (Å²) in [5.41, 5.74) is 3.90. The number of halogens is 2. The molecule has 0 spiro atoms. The summed E-state index contributed by atoms with van der Waals surface area (Å²) in [4.78, 5) is 0. The SMILES string of the molecule is CCCCCC[C@@H]1CCc2c(ccc3ccccc23)[C@H]1c1ccc(Cl)c(F)c1. The summed E-state index contributed by atoms with van der Waals surface area (Å²) in [6.07, 6.45) is 8.59. The number of hydrogen-bond acceptors (Lipinski definition) is 0. The van der Waals surface area contributed by atoms with Crippen LogP contribution in [-0.4, -0.2) is 0 Å². The van der Waals surface area contributed by atoms with Gasteiger partial charge in [0.05, 0.1) is 5.02 Å². The van der Waals surface area contributed by atoms with Crippen LogP contribution in [0.5, 0.6) is 0 Å². The van der Waals surface area contributed by atoms with E-state index in [2.05, 4.69) is 43.3 Å². The van der Waals surface area contributed by atoms with E-state index in [-0.39, 0.29) is 16.8 Å². The number of hydrogen-bond donors (Lipinski definition) is 0. The van der Waals surface area contributed by atoms with E-state index in [0.29, 0.717) is 5.92 Å². The largest absolute Gasteiger partial charge is 0.205 e. The third-order valence-electron chi connectivity index (χ3n) is 6.38. The Morgan fingerprint density at radius 1 is 1.00 bits per heavy atom. The van der Waals surface area contributed by atoms with E-state index in [4.69, 9.17) is 11.6 Å². The Hall–Kier alpha value is -1.86. The zero-order chi connectivity index (χ0) is 19.5. The molecule has 0 aliphatic heterocycles. The first-order valence-corrected chi connectivity index (χ1v) is 11.0. The minimum absolute atomic E-state index is 0.206. The van der Waals surface area contributed by atoms with Crippen molar-refractivity contribution in [1.82, 2.24) is 0 Å². The molecule has 3 aromatic carbocycles. The summed E-state index contributed by atoms with van der Waals surface area (Å²) >= 11 is 5.98. The molecule has 0 aromatic heterocycles. The highest BCUT2D eigenvalue weighted by molar-refractivity contribution is 6.30. The summed E-state index contributed by atoms with van der Waals surface area (Å²) in [7, 11) is 0. The molecule has 1 aliphatic rings. The molecule has 0 saturated carbocycles. The highest BCUT2D eigenvalue weighted by atomic mass is 35.5. The zero-order valence-corrected chi connectivity index (χ0v) is 17.3. The molecule has 1 aliphatic carbocycles. The Balaban J connectivity index is 1.76. The lowest BCUT2D eigenvalue weighted by Crippen LogP contribution is -2.22. The number of aryl methyl sites for hydroxylation is 1. The second-order valence-electron chi connectivity index (χ2n) is 8.15. The standard InChI is InChI=1S/C26H28ClF/c1-2-3-4-5-9-19-12-14-22-21-10-7-6-8-18(21)11-15-23(22)26(19)20-13-16-24(27)25(28)17-20/h6-8,10-11,13,15-17,19,26H,2-5,9,12,14H2,1H3/t19-,26-/m1/s1. The fourth-order valence-electron chi connectivity index (χ4n) is 4.98.